The number of rotatable bonds is 7. The van der Waals surface area contributed by atoms with E-state index >= 15 is 0 Å². The second-order valence-electron chi connectivity index (χ2n) is 4.50. The molecule has 0 fully saturated rings. The Morgan fingerprint density at radius 1 is 1.13 bits per heavy atom. The van der Waals surface area contributed by atoms with Gasteiger partial charge in [0.1, 0.15) is 0 Å². The fourth-order valence-corrected chi connectivity index (χ4v) is 1.10. The van der Waals surface area contributed by atoms with Crippen LogP contribution in [0.25, 0.3) is 0 Å². The van der Waals surface area contributed by atoms with Crippen LogP contribution in [0.5, 0.6) is 0 Å². The summed E-state index contributed by atoms with van der Waals surface area (Å²) in [5.74, 6) is 1.21. The van der Waals surface area contributed by atoms with Gasteiger partial charge in [0.2, 0.25) is 0 Å². The summed E-state index contributed by atoms with van der Waals surface area (Å²) in [6, 6.07) is 0. The molecule has 90 valence electrons. The maximum absolute atomic E-state index is 5.42. The molecule has 15 heavy (non-hydrogen) atoms. The van der Waals surface area contributed by atoms with E-state index in [4.69, 9.17) is 17.0 Å². The SMILES string of the molecule is CC(C)CNC(=S)NCCOCC(C)C. The van der Waals surface area contributed by atoms with Crippen molar-refractivity contribution in [1.82, 2.24) is 10.6 Å². The first-order valence-electron chi connectivity index (χ1n) is 5.61. The van der Waals surface area contributed by atoms with E-state index in [0.29, 0.717) is 18.4 Å². The molecule has 0 bridgehead atoms. The highest BCUT2D eigenvalue weighted by atomic mass is 32.1. The van der Waals surface area contributed by atoms with Gasteiger partial charge in [0, 0.05) is 19.7 Å². The maximum atomic E-state index is 5.42. The quantitative estimate of drug-likeness (QED) is 0.518. The average molecular weight is 232 g/mol. The van der Waals surface area contributed by atoms with Gasteiger partial charge in [0.25, 0.3) is 0 Å². The lowest BCUT2D eigenvalue weighted by atomic mass is 10.2. The standard InChI is InChI=1S/C11H24N2OS/c1-9(2)7-13-11(15)12-5-6-14-8-10(3)4/h9-10H,5-8H2,1-4H3,(H2,12,13,15). The average Bonchev–Trinajstić information content (AvgIpc) is 2.13. The number of hydrogen-bond donors (Lipinski definition) is 2. The Kier molecular flexibility index (Phi) is 8.71. The minimum Gasteiger partial charge on any atom is -0.379 e. The Morgan fingerprint density at radius 3 is 2.33 bits per heavy atom. The van der Waals surface area contributed by atoms with E-state index in [0.717, 1.165) is 24.8 Å². The van der Waals surface area contributed by atoms with E-state index < -0.39 is 0 Å². The number of hydrogen-bond acceptors (Lipinski definition) is 2. The summed E-state index contributed by atoms with van der Waals surface area (Å²) in [6.45, 7) is 11.8. The number of nitrogens with one attached hydrogen (secondary N) is 2. The van der Waals surface area contributed by atoms with Gasteiger partial charge in [-0.15, -0.1) is 0 Å². The minimum atomic E-state index is 0.594. The second-order valence-corrected chi connectivity index (χ2v) is 4.91. The fourth-order valence-electron chi connectivity index (χ4n) is 0.915. The lowest BCUT2D eigenvalue weighted by molar-refractivity contribution is 0.114. The molecule has 4 heteroatoms. The predicted molar refractivity (Wildman–Crippen MR) is 69.1 cm³/mol. The number of ether oxygens (including phenoxy) is 1. The second kappa shape index (κ2) is 8.92. The molecule has 0 aromatic carbocycles. The van der Waals surface area contributed by atoms with Crippen LogP contribution in [0.2, 0.25) is 0 Å². The molecule has 0 aromatic heterocycles. The van der Waals surface area contributed by atoms with E-state index in [1.54, 1.807) is 0 Å². The van der Waals surface area contributed by atoms with Crippen molar-refractivity contribution < 1.29 is 4.74 Å². The highest BCUT2D eigenvalue weighted by Gasteiger charge is 1.97. The van der Waals surface area contributed by atoms with Crippen LogP contribution < -0.4 is 10.6 Å². The minimum absolute atomic E-state index is 0.594. The molecule has 3 nitrogen and oxygen atoms in total. The van der Waals surface area contributed by atoms with Gasteiger partial charge in [0.15, 0.2) is 5.11 Å². The molecule has 0 heterocycles. The van der Waals surface area contributed by atoms with Gasteiger partial charge in [-0.25, -0.2) is 0 Å². The summed E-state index contributed by atoms with van der Waals surface area (Å²) in [6.07, 6.45) is 0. The Bertz CT molecular complexity index is 172. The topological polar surface area (TPSA) is 33.3 Å². The molecule has 0 aliphatic carbocycles. The van der Waals surface area contributed by atoms with Gasteiger partial charge in [0.05, 0.1) is 6.61 Å². The van der Waals surface area contributed by atoms with Crippen LogP contribution in [0, 0.1) is 11.8 Å². The molecule has 0 atom stereocenters. The van der Waals surface area contributed by atoms with Crippen molar-refractivity contribution in [3.8, 4) is 0 Å². The van der Waals surface area contributed by atoms with E-state index in [-0.39, 0.29) is 0 Å². The molecule has 0 aromatic rings. The van der Waals surface area contributed by atoms with Gasteiger partial charge >= 0.3 is 0 Å². The van der Waals surface area contributed by atoms with Crippen molar-refractivity contribution in [1.29, 1.82) is 0 Å². The fraction of sp³-hybridized carbons (Fsp3) is 0.909. The van der Waals surface area contributed by atoms with Crippen molar-refractivity contribution in [2.24, 2.45) is 11.8 Å². The molecule has 0 aliphatic heterocycles. The molecule has 0 radical (unpaired) electrons. The Morgan fingerprint density at radius 2 is 1.80 bits per heavy atom. The molecule has 0 aliphatic rings. The highest BCUT2D eigenvalue weighted by molar-refractivity contribution is 7.80. The van der Waals surface area contributed by atoms with Crippen LogP contribution >= 0.6 is 12.2 Å². The Balaban J connectivity index is 3.24. The van der Waals surface area contributed by atoms with Crippen LogP contribution in [-0.4, -0.2) is 31.4 Å². The third kappa shape index (κ3) is 11.6. The van der Waals surface area contributed by atoms with Gasteiger partial charge < -0.3 is 15.4 Å². The zero-order chi connectivity index (χ0) is 11.7. The summed E-state index contributed by atoms with van der Waals surface area (Å²) in [7, 11) is 0. The Labute approximate surface area is 99.0 Å². The highest BCUT2D eigenvalue weighted by Crippen LogP contribution is 1.91. The molecule has 0 spiro atoms. The third-order valence-electron chi connectivity index (χ3n) is 1.65. The predicted octanol–water partition coefficient (Wildman–Crippen LogP) is 1.78. The summed E-state index contributed by atoms with van der Waals surface area (Å²) in [5.41, 5.74) is 0. The molecular weight excluding hydrogens is 208 g/mol. The van der Waals surface area contributed by atoms with Crippen molar-refractivity contribution in [2.45, 2.75) is 27.7 Å². The third-order valence-corrected chi connectivity index (χ3v) is 1.94. The van der Waals surface area contributed by atoms with E-state index in [2.05, 4.69) is 38.3 Å². The number of thiocarbonyl (C=S) groups is 1. The summed E-state index contributed by atoms with van der Waals surface area (Å²) in [5, 5.41) is 6.97. The van der Waals surface area contributed by atoms with Gasteiger partial charge in [-0.05, 0) is 24.1 Å². The molecule has 0 amide bonds. The van der Waals surface area contributed by atoms with Crippen LogP contribution in [0.4, 0.5) is 0 Å². The van der Waals surface area contributed by atoms with Crippen molar-refractivity contribution >= 4 is 17.3 Å². The lowest BCUT2D eigenvalue weighted by Crippen LogP contribution is -2.38. The Hall–Kier alpha value is -0.350. The van der Waals surface area contributed by atoms with Gasteiger partial charge in [-0.2, -0.15) is 0 Å². The maximum Gasteiger partial charge on any atom is 0.166 e. The van der Waals surface area contributed by atoms with Gasteiger partial charge in [-0.3, -0.25) is 0 Å². The molecule has 0 saturated carbocycles. The monoisotopic (exact) mass is 232 g/mol. The summed E-state index contributed by atoms with van der Waals surface area (Å²) >= 11 is 5.10. The lowest BCUT2D eigenvalue weighted by Gasteiger charge is -2.12. The zero-order valence-electron chi connectivity index (χ0n) is 10.3. The first kappa shape index (κ1) is 14.6. The normalized spacial score (nSPS) is 10.8. The van der Waals surface area contributed by atoms with Crippen LogP contribution in [0.3, 0.4) is 0 Å². The van der Waals surface area contributed by atoms with Crippen LogP contribution in [0.15, 0.2) is 0 Å². The molecule has 2 N–H and O–H groups in total. The van der Waals surface area contributed by atoms with Crippen LogP contribution in [0.1, 0.15) is 27.7 Å². The molecular formula is C11H24N2OS. The van der Waals surface area contributed by atoms with Crippen molar-refractivity contribution in [3.63, 3.8) is 0 Å². The largest absolute Gasteiger partial charge is 0.379 e. The van der Waals surface area contributed by atoms with Crippen molar-refractivity contribution in [3.05, 3.63) is 0 Å². The summed E-state index contributed by atoms with van der Waals surface area (Å²) in [4.78, 5) is 0. The molecule has 0 saturated heterocycles. The van der Waals surface area contributed by atoms with E-state index in [9.17, 15) is 0 Å². The summed E-state index contributed by atoms with van der Waals surface area (Å²) < 4.78 is 5.42. The van der Waals surface area contributed by atoms with E-state index in [1.807, 2.05) is 0 Å². The first-order chi connectivity index (χ1) is 7.02. The zero-order valence-corrected chi connectivity index (χ0v) is 11.1. The van der Waals surface area contributed by atoms with Gasteiger partial charge in [-0.1, -0.05) is 27.7 Å². The van der Waals surface area contributed by atoms with Crippen LogP contribution in [-0.2, 0) is 4.74 Å². The smallest absolute Gasteiger partial charge is 0.166 e. The molecule has 0 unspecified atom stereocenters. The van der Waals surface area contributed by atoms with E-state index in [1.165, 1.54) is 0 Å². The van der Waals surface area contributed by atoms with Crippen molar-refractivity contribution in [2.75, 3.05) is 26.3 Å². The first-order valence-corrected chi connectivity index (χ1v) is 6.02. The molecule has 0 rings (SSSR count).